The number of methoxy groups -OCH3 is 2. The Kier molecular flexibility index (Phi) is 5.44. The van der Waals surface area contributed by atoms with Crippen molar-refractivity contribution in [3.05, 3.63) is 42.0 Å². The molecule has 1 aliphatic heterocycles. The maximum atomic E-state index is 12.3. The Morgan fingerprint density at radius 2 is 2.00 bits per heavy atom. The summed E-state index contributed by atoms with van der Waals surface area (Å²) in [6.45, 7) is 0.342. The molecule has 0 radical (unpaired) electrons. The molecule has 1 aromatic heterocycles. The lowest BCUT2D eigenvalue weighted by molar-refractivity contribution is -0.119. The zero-order valence-corrected chi connectivity index (χ0v) is 15.5. The van der Waals surface area contributed by atoms with Gasteiger partial charge in [-0.3, -0.25) is 4.79 Å². The van der Waals surface area contributed by atoms with Crippen molar-refractivity contribution in [2.75, 3.05) is 38.0 Å². The molecule has 0 saturated heterocycles. The minimum atomic E-state index is -0.399. The van der Waals surface area contributed by atoms with Crippen molar-refractivity contribution in [2.45, 2.75) is 12.3 Å². The molecule has 8 nitrogen and oxygen atoms in total. The number of ether oxygens (including phenoxy) is 2. The number of urea groups is 1. The van der Waals surface area contributed by atoms with Gasteiger partial charge >= 0.3 is 6.03 Å². The fraction of sp³-hybridized carbons (Fsp3) is 0.316. The Hall–Kier alpha value is -3.29. The van der Waals surface area contributed by atoms with Gasteiger partial charge < -0.3 is 25.0 Å². The number of carbonyl (C=O) groups excluding carboxylic acids is 2. The quantitative estimate of drug-likeness (QED) is 0.843. The van der Waals surface area contributed by atoms with Crippen LogP contribution < -0.4 is 25.0 Å². The van der Waals surface area contributed by atoms with Gasteiger partial charge in [0.25, 0.3) is 0 Å². The van der Waals surface area contributed by atoms with Gasteiger partial charge in [0.05, 0.1) is 14.2 Å². The summed E-state index contributed by atoms with van der Waals surface area (Å²) in [5.74, 6) is 0.594. The molecule has 2 N–H and O–H groups in total. The summed E-state index contributed by atoms with van der Waals surface area (Å²) in [4.78, 5) is 30.3. The Bertz CT molecular complexity index is 855. The number of aromatic nitrogens is 1. The van der Waals surface area contributed by atoms with Gasteiger partial charge in [-0.05, 0) is 17.7 Å². The molecule has 0 bridgehead atoms. The van der Waals surface area contributed by atoms with Crippen molar-refractivity contribution in [3.8, 4) is 11.8 Å². The van der Waals surface area contributed by atoms with E-state index in [-0.39, 0.29) is 17.7 Å². The smallest absolute Gasteiger partial charge is 0.319 e. The van der Waals surface area contributed by atoms with E-state index in [1.165, 1.54) is 14.2 Å². The van der Waals surface area contributed by atoms with Crippen LogP contribution in [0.5, 0.6) is 11.8 Å². The summed E-state index contributed by atoms with van der Waals surface area (Å²) in [7, 11) is 4.73. The molecule has 2 aromatic rings. The molecule has 0 aliphatic carbocycles. The molecular weight excluding hydrogens is 348 g/mol. The number of pyridine rings is 1. The molecule has 1 aliphatic rings. The first-order chi connectivity index (χ1) is 13.0. The lowest BCUT2D eigenvalue weighted by Crippen LogP contribution is -2.38. The van der Waals surface area contributed by atoms with Gasteiger partial charge in [0.1, 0.15) is 5.69 Å². The van der Waals surface area contributed by atoms with Crippen LogP contribution in [0.2, 0.25) is 0 Å². The second-order valence-corrected chi connectivity index (χ2v) is 6.16. The maximum Gasteiger partial charge on any atom is 0.319 e. The fourth-order valence-electron chi connectivity index (χ4n) is 3.08. The molecule has 0 fully saturated rings. The summed E-state index contributed by atoms with van der Waals surface area (Å²) in [5.41, 5.74) is 2.35. The first kappa shape index (κ1) is 18.5. The molecule has 3 rings (SSSR count). The number of anilines is 2. The van der Waals surface area contributed by atoms with E-state index in [1.807, 2.05) is 24.3 Å². The molecule has 2 heterocycles. The van der Waals surface area contributed by atoms with E-state index in [0.717, 1.165) is 11.3 Å². The van der Waals surface area contributed by atoms with Crippen molar-refractivity contribution < 1.29 is 19.1 Å². The molecule has 27 heavy (non-hydrogen) atoms. The van der Waals surface area contributed by atoms with Crippen LogP contribution in [0.4, 0.5) is 16.2 Å². The summed E-state index contributed by atoms with van der Waals surface area (Å²) in [5, 5.41) is 5.53. The van der Waals surface area contributed by atoms with Crippen molar-refractivity contribution in [1.29, 1.82) is 0 Å². The normalized spacial score (nSPS) is 15.7. The van der Waals surface area contributed by atoms with Gasteiger partial charge in [-0.2, -0.15) is 4.98 Å². The second kappa shape index (κ2) is 7.94. The average molecular weight is 370 g/mol. The highest BCUT2D eigenvalue weighted by Gasteiger charge is 2.29. The zero-order valence-electron chi connectivity index (χ0n) is 15.5. The average Bonchev–Trinajstić information content (AvgIpc) is 2.70. The summed E-state index contributed by atoms with van der Waals surface area (Å²) in [6, 6.07) is 10.6. The SMILES string of the molecule is COc1ccc(NC(=O)NCC2CC(=O)N(C)c3ccccc32)c(OC)n1. The highest BCUT2D eigenvalue weighted by atomic mass is 16.5. The number of para-hydroxylation sites is 1. The van der Waals surface area contributed by atoms with Gasteiger partial charge in [-0.15, -0.1) is 0 Å². The Balaban J connectivity index is 1.66. The lowest BCUT2D eigenvalue weighted by atomic mass is 9.89. The number of hydrogen-bond acceptors (Lipinski definition) is 5. The van der Waals surface area contributed by atoms with E-state index in [0.29, 0.717) is 24.5 Å². The third kappa shape index (κ3) is 3.94. The highest BCUT2D eigenvalue weighted by molar-refractivity contribution is 5.97. The highest BCUT2D eigenvalue weighted by Crippen LogP contribution is 2.34. The predicted octanol–water partition coefficient (Wildman–Crippen LogP) is 2.37. The van der Waals surface area contributed by atoms with E-state index in [4.69, 9.17) is 9.47 Å². The van der Waals surface area contributed by atoms with E-state index < -0.39 is 6.03 Å². The Labute approximate surface area is 157 Å². The first-order valence-electron chi connectivity index (χ1n) is 8.52. The zero-order chi connectivity index (χ0) is 19.4. The van der Waals surface area contributed by atoms with Gasteiger partial charge in [0.2, 0.25) is 17.7 Å². The predicted molar refractivity (Wildman–Crippen MR) is 102 cm³/mol. The standard InChI is InChI=1S/C19H22N4O4/c1-23-15-7-5-4-6-13(15)12(10-17(23)24)11-20-19(25)21-14-8-9-16(26-2)22-18(14)27-3/h4-9,12H,10-11H2,1-3H3,(H2,20,21,25). The summed E-state index contributed by atoms with van der Waals surface area (Å²) in [6.07, 6.45) is 0.348. The minimum absolute atomic E-state index is 0.0296. The third-order valence-corrected chi connectivity index (χ3v) is 4.53. The molecule has 0 spiro atoms. The van der Waals surface area contributed by atoms with Crippen LogP contribution in [0, 0.1) is 0 Å². The summed E-state index contributed by atoms with van der Waals surface area (Å²) < 4.78 is 10.2. The first-order valence-corrected chi connectivity index (χ1v) is 8.52. The van der Waals surface area contributed by atoms with Crippen LogP contribution in [-0.2, 0) is 4.79 Å². The second-order valence-electron chi connectivity index (χ2n) is 6.16. The van der Waals surface area contributed by atoms with Crippen LogP contribution >= 0.6 is 0 Å². The van der Waals surface area contributed by atoms with Gasteiger partial charge in [0.15, 0.2) is 0 Å². The van der Waals surface area contributed by atoms with Crippen LogP contribution in [0.3, 0.4) is 0 Å². The van der Waals surface area contributed by atoms with Crippen molar-refractivity contribution in [1.82, 2.24) is 10.3 Å². The number of carbonyl (C=O) groups is 2. The number of nitrogens with one attached hydrogen (secondary N) is 2. The minimum Gasteiger partial charge on any atom is -0.481 e. The van der Waals surface area contributed by atoms with Crippen LogP contribution in [0.15, 0.2) is 36.4 Å². The molecule has 3 amide bonds. The van der Waals surface area contributed by atoms with Crippen LogP contribution in [0.1, 0.15) is 17.9 Å². The molecule has 1 atom stereocenters. The Morgan fingerprint density at radius 3 is 2.74 bits per heavy atom. The third-order valence-electron chi connectivity index (χ3n) is 4.53. The molecule has 8 heteroatoms. The monoisotopic (exact) mass is 370 g/mol. The number of rotatable bonds is 5. The molecule has 142 valence electrons. The van der Waals surface area contributed by atoms with Crippen molar-refractivity contribution in [3.63, 3.8) is 0 Å². The van der Waals surface area contributed by atoms with Crippen molar-refractivity contribution in [2.24, 2.45) is 0 Å². The number of amides is 3. The topological polar surface area (TPSA) is 92.8 Å². The Morgan fingerprint density at radius 1 is 1.22 bits per heavy atom. The number of fused-ring (bicyclic) bond motifs is 1. The fourth-order valence-corrected chi connectivity index (χ4v) is 3.08. The maximum absolute atomic E-state index is 12.3. The van der Waals surface area contributed by atoms with E-state index in [9.17, 15) is 9.59 Å². The molecule has 1 unspecified atom stereocenters. The van der Waals surface area contributed by atoms with Crippen LogP contribution in [0.25, 0.3) is 0 Å². The van der Waals surface area contributed by atoms with Crippen LogP contribution in [-0.4, -0.2) is 44.7 Å². The van der Waals surface area contributed by atoms with E-state index in [2.05, 4.69) is 15.6 Å². The largest absolute Gasteiger partial charge is 0.481 e. The molecule has 0 saturated carbocycles. The van der Waals surface area contributed by atoms with E-state index >= 15 is 0 Å². The van der Waals surface area contributed by atoms with Gasteiger partial charge in [-0.1, -0.05) is 18.2 Å². The summed E-state index contributed by atoms with van der Waals surface area (Å²) >= 11 is 0. The number of nitrogens with zero attached hydrogens (tertiary/aromatic N) is 2. The van der Waals surface area contributed by atoms with E-state index in [1.54, 1.807) is 24.1 Å². The van der Waals surface area contributed by atoms with Gasteiger partial charge in [-0.25, -0.2) is 4.79 Å². The number of benzene rings is 1. The lowest BCUT2D eigenvalue weighted by Gasteiger charge is -2.31. The van der Waals surface area contributed by atoms with Crippen molar-refractivity contribution >= 4 is 23.3 Å². The molecular formula is C19H22N4O4. The number of hydrogen-bond donors (Lipinski definition) is 2. The molecule has 1 aromatic carbocycles. The van der Waals surface area contributed by atoms with Gasteiger partial charge in [0, 0.05) is 37.7 Å².